The Morgan fingerprint density at radius 3 is 2.64 bits per heavy atom. The van der Waals surface area contributed by atoms with E-state index in [1.54, 1.807) is 24.3 Å². The predicted molar refractivity (Wildman–Crippen MR) is 111 cm³/mol. The van der Waals surface area contributed by atoms with Gasteiger partial charge in [-0.3, -0.25) is 14.5 Å². The highest BCUT2D eigenvalue weighted by Gasteiger charge is 2.27. The first kappa shape index (κ1) is 19.6. The zero-order chi connectivity index (χ0) is 19.5. The number of likely N-dealkylation sites (tertiary alicyclic amines) is 1. The maximum Gasteiger partial charge on any atom is 0.239 e. The van der Waals surface area contributed by atoms with Crippen LogP contribution in [0.25, 0.3) is 0 Å². The molecule has 0 radical (unpaired) electrons. The number of piperidine rings is 1. The molecule has 148 valence electrons. The summed E-state index contributed by atoms with van der Waals surface area (Å²) in [6.07, 6.45) is 4.19. The molecule has 1 amide bonds. The maximum absolute atomic E-state index is 13.2. The van der Waals surface area contributed by atoms with E-state index in [-0.39, 0.29) is 11.7 Å². The highest BCUT2D eigenvalue weighted by atomic mass is 35.5. The summed E-state index contributed by atoms with van der Waals surface area (Å²) in [5.74, 6) is -0.143. The molecule has 3 heterocycles. The third-order valence-electron chi connectivity index (χ3n) is 5.22. The fourth-order valence-electron chi connectivity index (χ4n) is 3.79. The molecule has 0 atom stereocenters. The molecule has 1 fully saturated rings. The second-order valence-corrected chi connectivity index (χ2v) is 8.77. The van der Waals surface area contributed by atoms with Crippen LogP contribution in [0.15, 0.2) is 24.3 Å². The monoisotopic (exact) mass is 418 g/mol. The van der Waals surface area contributed by atoms with Crippen LogP contribution in [0.3, 0.4) is 0 Å². The average molecular weight is 419 g/mol. The Bertz CT molecular complexity index is 873. The van der Waals surface area contributed by atoms with Crippen molar-refractivity contribution < 1.29 is 14.3 Å². The number of ether oxygens (including phenoxy) is 1. The molecule has 0 unspecified atom stereocenters. The van der Waals surface area contributed by atoms with Gasteiger partial charge >= 0.3 is 0 Å². The topological polar surface area (TPSA) is 58.6 Å². The number of hydrogen-bond acceptors (Lipinski definition) is 5. The van der Waals surface area contributed by atoms with Crippen LogP contribution in [0.5, 0.6) is 0 Å². The molecule has 0 spiro atoms. The number of carbonyl (C=O) groups excluding carboxylic acids is 2. The van der Waals surface area contributed by atoms with Gasteiger partial charge in [-0.25, -0.2) is 0 Å². The number of rotatable bonds is 5. The Balaban J connectivity index is 1.59. The third kappa shape index (κ3) is 4.30. The van der Waals surface area contributed by atoms with Crippen molar-refractivity contribution in [3.63, 3.8) is 0 Å². The Morgan fingerprint density at radius 2 is 1.89 bits per heavy atom. The standard InChI is InChI=1S/C21H23ClN2O3S/c22-15-6-4-14(5-7-15)20(26)19-16-8-11-27-13-17(16)28-21(19)23-18(25)12-24-9-2-1-3-10-24/h4-7H,1-3,8-13H2,(H,23,25). The first-order valence-corrected chi connectivity index (χ1v) is 10.9. The molecule has 2 aliphatic heterocycles. The van der Waals surface area contributed by atoms with Gasteiger partial charge < -0.3 is 10.1 Å². The fourth-order valence-corrected chi connectivity index (χ4v) is 5.12. The third-order valence-corrected chi connectivity index (χ3v) is 6.60. The molecule has 2 aromatic rings. The van der Waals surface area contributed by atoms with Crippen molar-refractivity contribution in [1.82, 2.24) is 4.90 Å². The van der Waals surface area contributed by atoms with Crippen molar-refractivity contribution in [3.8, 4) is 0 Å². The van der Waals surface area contributed by atoms with Gasteiger partial charge in [-0.1, -0.05) is 18.0 Å². The Labute approximate surface area is 173 Å². The summed E-state index contributed by atoms with van der Waals surface area (Å²) < 4.78 is 5.55. The van der Waals surface area contributed by atoms with Crippen LogP contribution in [0.1, 0.15) is 45.6 Å². The molecule has 1 aromatic carbocycles. The smallest absolute Gasteiger partial charge is 0.239 e. The van der Waals surface area contributed by atoms with Crippen LogP contribution in [0.2, 0.25) is 5.02 Å². The SMILES string of the molecule is O=C(CN1CCCCC1)Nc1sc2c(c1C(=O)c1ccc(Cl)cc1)CCOC2. The lowest BCUT2D eigenvalue weighted by Crippen LogP contribution is -2.36. The molecule has 2 aliphatic rings. The first-order valence-electron chi connectivity index (χ1n) is 9.66. The van der Waals surface area contributed by atoms with Crippen LogP contribution >= 0.6 is 22.9 Å². The fraction of sp³-hybridized carbons (Fsp3) is 0.429. The molecule has 1 saturated heterocycles. The van der Waals surface area contributed by atoms with Gasteiger partial charge in [0.15, 0.2) is 5.78 Å². The number of halogens is 1. The van der Waals surface area contributed by atoms with E-state index < -0.39 is 0 Å². The van der Waals surface area contributed by atoms with E-state index in [1.165, 1.54) is 17.8 Å². The second-order valence-electron chi connectivity index (χ2n) is 7.23. The molecule has 0 bridgehead atoms. The summed E-state index contributed by atoms with van der Waals surface area (Å²) in [6.45, 7) is 3.36. The lowest BCUT2D eigenvalue weighted by Gasteiger charge is -2.25. The zero-order valence-electron chi connectivity index (χ0n) is 15.6. The van der Waals surface area contributed by atoms with E-state index in [0.717, 1.165) is 36.4 Å². The highest BCUT2D eigenvalue weighted by Crippen LogP contribution is 2.38. The minimum atomic E-state index is -0.0793. The highest BCUT2D eigenvalue weighted by molar-refractivity contribution is 7.17. The van der Waals surface area contributed by atoms with Crippen molar-refractivity contribution in [2.45, 2.75) is 32.3 Å². The van der Waals surface area contributed by atoms with Crippen molar-refractivity contribution in [2.75, 3.05) is 31.6 Å². The number of thiophene rings is 1. The van der Waals surface area contributed by atoms with Crippen LogP contribution in [-0.2, 0) is 22.6 Å². The summed E-state index contributed by atoms with van der Waals surface area (Å²) in [5, 5.41) is 4.24. The Morgan fingerprint density at radius 1 is 1.14 bits per heavy atom. The zero-order valence-corrected chi connectivity index (χ0v) is 17.2. The molecule has 4 rings (SSSR count). The lowest BCUT2D eigenvalue weighted by molar-refractivity contribution is -0.117. The largest absolute Gasteiger partial charge is 0.376 e. The van der Waals surface area contributed by atoms with Crippen LogP contribution < -0.4 is 5.32 Å². The van der Waals surface area contributed by atoms with Gasteiger partial charge in [-0.15, -0.1) is 11.3 Å². The number of benzene rings is 1. The van der Waals surface area contributed by atoms with Crippen LogP contribution in [-0.4, -0.2) is 42.8 Å². The quantitative estimate of drug-likeness (QED) is 0.741. The van der Waals surface area contributed by atoms with E-state index in [9.17, 15) is 9.59 Å². The van der Waals surface area contributed by atoms with Gasteiger partial charge in [-0.05, 0) is 62.2 Å². The summed E-state index contributed by atoms with van der Waals surface area (Å²) in [4.78, 5) is 29.1. The van der Waals surface area contributed by atoms with Gasteiger partial charge in [0.05, 0.1) is 25.3 Å². The molecular formula is C21H23ClN2O3S. The number of carbonyl (C=O) groups is 2. The Hall–Kier alpha value is -1.73. The van der Waals surface area contributed by atoms with E-state index in [4.69, 9.17) is 16.3 Å². The number of anilines is 1. The molecular weight excluding hydrogens is 396 g/mol. The number of nitrogens with one attached hydrogen (secondary N) is 1. The summed E-state index contributed by atoms with van der Waals surface area (Å²) in [5.41, 5.74) is 2.19. The molecule has 1 aromatic heterocycles. The van der Waals surface area contributed by atoms with Gasteiger partial charge in [-0.2, -0.15) is 0 Å². The number of hydrogen-bond donors (Lipinski definition) is 1. The summed E-state index contributed by atoms with van der Waals surface area (Å²) in [6, 6.07) is 6.89. The van der Waals surface area contributed by atoms with Crippen molar-refractivity contribution in [3.05, 3.63) is 50.9 Å². The van der Waals surface area contributed by atoms with Gasteiger partial charge in [0.25, 0.3) is 0 Å². The van der Waals surface area contributed by atoms with Crippen molar-refractivity contribution in [2.24, 2.45) is 0 Å². The summed E-state index contributed by atoms with van der Waals surface area (Å²) >= 11 is 7.42. The predicted octanol–water partition coefficient (Wildman–Crippen LogP) is 4.13. The molecule has 1 N–H and O–H groups in total. The van der Waals surface area contributed by atoms with Crippen LogP contribution in [0, 0.1) is 0 Å². The normalized spacial score (nSPS) is 17.2. The second kappa shape index (κ2) is 8.74. The molecule has 28 heavy (non-hydrogen) atoms. The van der Waals surface area contributed by atoms with Crippen LogP contribution in [0.4, 0.5) is 5.00 Å². The van der Waals surface area contributed by atoms with Gasteiger partial charge in [0.1, 0.15) is 5.00 Å². The summed E-state index contributed by atoms with van der Waals surface area (Å²) in [7, 11) is 0. The first-order chi connectivity index (χ1) is 13.6. The number of amides is 1. The number of fused-ring (bicyclic) bond motifs is 1. The van der Waals surface area contributed by atoms with Gasteiger partial charge in [0, 0.05) is 15.5 Å². The average Bonchev–Trinajstić information content (AvgIpc) is 3.06. The maximum atomic E-state index is 13.2. The lowest BCUT2D eigenvalue weighted by atomic mass is 9.97. The van der Waals surface area contributed by atoms with Gasteiger partial charge in [0.2, 0.25) is 5.91 Å². The Kier molecular flexibility index (Phi) is 6.11. The van der Waals surface area contributed by atoms with E-state index in [1.807, 2.05) is 0 Å². The molecule has 5 nitrogen and oxygen atoms in total. The van der Waals surface area contributed by atoms with E-state index in [2.05, 4.69) is 10.2 Å². The molecule has 7 heteroatoms. The molecule has 0 saturated carbocycles. The van der Waals surface area contributed by atoms with E-state index >= 15 is 0 Å². The molecule has 0 aliphatic carbocycles. The minimum Gasteiger partial charge on any atom is -0.376 e. The van der Waals surface area contributed by atoms with Crippen molar-refractivity contribution >= 4 is 39.6 Å². The minimum absolute atomic E-state index is 0.0634. The number of ketones is 1. The van der Waals surface area contributed by atoms with Crippen molar-refractivity contribution in [1.29, 1.82) is 0 Å². The number of nitrogens with zero attached hydrogens (tertiary/aromatic N) is 1. The van der Waals surface area contributed by atoms with E-state index in [0.29, 0.717) is 47.3 Å².